The van der Waals surface area contributed by atoms with Crippen molar-refractivity contribution in [3.8, 4) is 22.6 Å². The summed E-state index contributed by atoms with van der Waals surface area (Å²) in [5, 5.41) is 21.9. The van der Waals surface area contributed by atoms with E-state index in [0.29, 0.717) is 88.3 Å². The number of rotatable bonds is 21. The lowest BCUT2D eigenvalue weighted by Crippen LogP contribution is -2.40. The van der Waals surface area contributed by atoms with E-state index in [9.17, 15) is 24.6 Å². The molecule has 0 bridgehead atoms. The normalized spacial score (nSPS) is 17.2. The number of pyridine rings is 1. The highest BCUT2D eigenvalue weighted by Crippen LogP contribution is 2.39. The number of piperidine rings is 2. The van der Waals surface area contributed by atoms with Crippen LogP contribution in [0.5, 0.6) is 11.5 Å². The number of alkyl halides is 3. The number of benzene rings is 3. The molecular formula is C56H72F3N7O8. The molecule has 400 valence electrons. The van der Waals surface area contributed by atoms with Gasteiger partial charge in [0, 0.05) is 88.0 Å². The molecule has 0 spiro atoms. The zero-order chi connectivity index (χ0) is 52.6. The Hall–Kier alpha value is -5.89. The predicted molar refractivity (Wildman–Crippen MR) is 280 cm³/mol. The summed E-state index contributed by atoms with van der Waals surface area (Å²) in [7, 11) is 1.59. The van der Waals surface area contributed by atoms with Crippen molar-refractivity contribution < 1.29 is 52.0 Å². The van der Waals surface area contributed by atoms with Gasteiger partial charge in [0.25, 0.3) is 5.91 Å². The molecule has 0 radical (unpaired) electrons. The first-order chi connectivity index (χ1) is 35.6. The second-order valence-electron chi connectivity index (χ2n) is 19.5. The van der Waals surface area contributed by atoms with Crippen LogP contribution in [0.4, 0.5) is 18.9 Å². The van der Waals surface area contributed by atoms with E-state index in [-0.39, 0.29) is 43.5 Å². The van der Waals surface area contributed by atoms with Gasteiger partial charge >= 0.3 is 18.1 Å². The lowest BCUT2D eigenvalue weighted by molar-refractivity contribution is -0.140. The zero-order valence-electron chi connectivity index (χ0n) is 43.1. The molecule has 18 heteroatoms. The van der Waals surface area contributed by atoms with Crippen molar-refractivity contribution in [2.45, 2.75) is 71.6 Å². The van der Waals surface area contributed by atoms with Gasteiger partial charge in [-0.3, -0.25) is 43.9 Å². The highest BCUT2D eigenvalue weighted by Gasteiger charge is 2.34. The Morgan fingerprint density at radius 2 is 1.22 bits per heavy atom. The quantitative estimate of drug-likeness (QED) is 0.0541. The number of carboxylic acid groups (broad SMARTS) is 2. The number of hydrogen-bond donors (Lipinski definition) is 3. The van der Waals surface area contributed by atoms with Crippen molar-refractivity contribution in [1.82, 2.24) is 29.5 Å². The molecule has 1 amide bonds. The number of nitrogens with one attached hydrogen (secondary N) is 1. The molecule has 3 aromatic carbocycles. The summed E-state index contributed by atoms with van der Waals surface area (Å²) in [6.07, 6.45) is 6.84. The lowest BCUT2D eigenvalue weighted by Gasteiger charge is -2.28. The number of ether oxygens (including phenoxy) is 3. The highest BCUT2D eigenvalue weighted by molar-refractivity contribution is 6.04. The van der Waals surface area contributed by atoms with E-state index in [1.165, 1.54) is 24.6 Å². The smallest absolute Gasteiger partial charge is 0.417 e. The van der Waals surface area contributed by atoms with Crippen LogP contribution in [-0.2, 0) is 33.6 Å². The van der Waals surface area contributed by atoms with E-state index in [1.807, 2.05) is 50.2 Å². The molecule has 1 aromatic heterocycles. The molecule has 3 aliphatic rings. The molecule has 0 atom stereocenters. The maximum Gasteiger partial charge on any atom is 0.417 e. The number of carboxylic acids is 2. The number of halogens is 3. The fourth-order valence-electron chi connectivity index (χ4n) is 10.1. The average molecular weight is 1030 g/mol. The van der Waals surface area contributed by atoms with Crippen LogP contribution in [0, 0.1) is 13.8 Å². The minimum atomic E-state index is -4.65. The van der Waals surface area contributed by atoms with Gasteiger partial charge in [0.05, 0.1) is 39.0 Å². The molecule has 3 fully saturated rings. The summed E-state index contributed by atoms with van der Waals surface area (Å²) in [5.74, 6) is -1.31. The number of aliphatic carboxylic acids is 2. The van der Waals surface area contributed by atoms with Gasteiger partial charge in [0.15, 0.2) is 0 Å². The van der Waals surface area contributed by atoms with Crippen molar-refractivity contribution in [2.24, 2.45) is 0 Å². The first kappa shape index (κ1) is 55.9. The van der Waals surface area contributed by atoms with Gasteiger partial charge in [-0.1, -0.05) is 55.3 Å². The summed E-state index contributed by atoms with van der Waals surface area (Å²) >= 11 is 0. The fraction of sp³-hybridized carbons (Fsp3) is 0.500. The molecule has 74 heavy (non-hydrogen) atoms. The molecule has 0 unspecified atom stereocenters. The highest BCUT2D eigenvalue weighted by atomic mass is 19.4. The number of aromatic nitrogens is 1. The van der Waals surface area contributed by atoms with Crippen LogP contribution in [0.2, 0.25) is 0 Å². The van der Waals surface area contributed by atoms with Crippen LogP contribution >= 0.6 is 0 Å². The van der Waals surface area contributed by atoms with Gasteiger partial charge in [0.2, 0.25) is 0 Å². The Bertz CT molecular complexity index is 2540. The van der Waals surface area contributed by atoms with Crippen LogP contribution in [0.15, 0.2) is 60.8 Å². The van der Waals surface area contributed by atoms with Crippen molar-refractivity contribution in [2.75, 3.05) is 117 Å². The maximum absolute atomic E-state index is 15.0. The first-order valence-corrected chi connectivity index (χ1v) is 25.9. The van der Waals surface area contributed by atoms with E-state index in [2.05, 4.69) is 25.0 Å². The van der Waals surface area contributed by atoms with E-state index in [0.717, 1.165) is 91.7 Å². The molecule has 4 aromatic rings. The van der Waals surface area contributed by atoms with Crippen molar-refractivity contribution in [3.05, 3.63) is 105 Å². The predicted octanol–water partition coefficient (Wildman–Crippen LogP) is 8.27. The van der Waals surface area contributed by atoms with Crippen LogP contribution in [-0.4, -0.2) is 170 Å². The molecule has 3 N–H and O–H groups in total. The Morgan fingerprint density at radius 3 is 1.81 bits per heavy atom. The molecule has 0 saturated carbocycles. The zero-order valence-corrected chi connectivity index (χ0v) is 43.1. The number of methoxy groups -OCH3 is 1. The third kappa shape index (κ3) is 16.1. The average Bonchev–Trinajstić information content (AvgIpc) is 3.46. The minimum Gasteiger partial charge on any atom is -0.496 e. The van der Waals surface area contributed by atoms with Gasteiger partial charge in [-0.25, -0.2) is 0 Å². The lowest BCUT2D eigenvalue weighted by atomic mass is 9.92. The molecule has 7 rings (SSSR count). The molecular weight excluding hydrogens is 956 g/mol. The second-order valence-corrected chi connectivity index (χ2v) is 19.5. The molecule has 4 heterocycles. The van der Waals surface area contributed by atoms with Gasteiger partial charge < -0.3 is 29.7 Å². The summed E-state index contributed by atoms with van der Waals surface area (Å²) in [6.45, 7) is 12.4. The van der Waals surface area contributed by atoms with Crippen LogP contribution < -0.4 is 14.8 Å². The number of likely N-dealkylation sites (tertiary alicyclic amines) is 2. The molecule has 3 saturated heterocycles. The van der Waals surface area contributed by atoms with E-state index < -0.39 is 23.7 Å². The summed E-state index contributed by atoms with van der Waals surface area (Å²) in [6, 6.07) is 15.7. The third-order valence-electron chi connectivity index (χ3n) is 14.3. The molecule has 15 nitrogen and oxygen atoms in total. The number of hydrogen-bond acceptors (Lipinski definition) is 12. The van der Waals surface area contributed by atoms with Gasteiger partial charge in [-0.05, 0) is 117 Å². The molecule has 3 aliphatic heterocycles. The number of amides is 1. The standard InChI is InChI=1S/C56H72F3N7O8/c1-40-42(12-10-13-46(40)47-14-11-15-49(41(47)2)61-55(71)50-34-51(72-3)45(35-60-50)37-64-20-8-5-9-21-64)16-17-43-33-52(44(32-48(43)56(57,58)59)36-63-18-6-4-7-19-63)74-31-30-73-29-28-62-22-24-65(38-53(67)68)26-27-66(25-23-62)39-54(69)70/h10-17,32-35H,4-9,18-31,36-39H2,1-3H3,(H,61,71)(H,67,68)(H,69,70)/b17-16+. The van der Waals surface area contributed by atoms with Crippen LogP contribution in [0.1, 0.15) is 88.0 Å². The largest absolute Gasteiger partial charge is 0.496 e. The SMILES string of the molecule is COc1cc(C(=O)Nc2cccc(-c3cccc(/C=C/c4cc(OCCOCCN5CCN(CC(=O)O)CCN(CC(=O)O)CC5)c(CN5CCCCC5)cc4C(F)(F)F)c3C)c2C)ncc1CN1CCCCC1. The summed E-state index contributed by atoms with van der Waals surface area (Å²) in [5.41, 5.74) is 5.52. The van der Waals surface area contributed by atoms with Crippen molar-refractivity contribution in [3.63, 3.8) is 0 Å². The Labute approximate surface area is 432 Å². The summed E-state index contributed by atoms with van der Waals surface area (Å²) < 4.78 is 63.0. The van der Waals surface area contributed by atoms with Crippen LogP contribution in [0.3, 0.4) is 0 Å². The Balaban J connectivity index is 1.05. The Kier molecular flexibility index (Phi) is 20.4. The number of nitrogens with zero attached hydrogens (tertiary/aromatic N) is 6. The first-order valence-electron chi connectivity index (χ1n) is 25.9. The topological polar surface area (TPSA) is 160 Å². The number of carbonyl (C=O) groups excluding carboxylic acids is 1. The Morgan fingerprint density at radius 1 is 0.649 bits per heavy atom. The van der Waals surface area contributed by atoms with Gasteiger partial charge in [-0.15, -0.1) is 0 Å². The summed E-state index contributed by atoms with van der Waals surface area (Å²) in [4.78, 5) is 51.4. The van der Waals surface area contributed by atoms with Crippen LogP contribution in [0.25, 0.3) is 23.3 Å². The number of anilines is 1. The van der Waals surface area contributed by atoms with Crippen molar-refractivity contribution >= 4 is 35.7 Å². The van der Waals surface area contributed by atoms with Gasteiger partial charge in [0.1, 0.15) is 23.8 Å². The fourth-order valence-corrected chi connectivity index (χ4v) is 10.1. The van der Waals surface area contributed by atoms with E-state index in [1.54, 1.807) is 35.2 Å². The monoisotopic (exact) mass is 1030 g/mol. The van der Waals surface area contributed by atoms with E-state index >= 15 is 13.2 Å². The maximum atomic E-state index is 15.0. The number of carbonyl (C=O) groups is 3. The molecule has 0 aliphatic carbocycles. The van der Waals surface area contributed by atoms with E-state index in [4.69, 9.17) is 14.2 Å². The van der Waals surface area contributed by atoms with Gasteiger partial charge in [-0.2, -0.15) is 13.2 Å². The third-order valence-corrected chi connectivity index (χ3v) is 14.3. The second kappa shape index (κ2) is 27.1. The van der Waals surface area contributed by atoms with Crippen molar-refractivity contribution in [1.29, 1.82) is 0 Å². The minimum absolute atomic E-state index is 0.0341.